The summed E-state index contributed by atoms with van der Waals surface area (Å²) in [5.41, 5.74) is -1.43. The van der Waals surface area contributed by atoms with Crippen LogP contribution < -0.4 is 4.52 Å². The van der Waals surface area contributed by atoms with Crippen LogP contribution in [0.15, 0.2) is 30.3 Å². The third-order valence-corrected chi connectivity index (χ3v) is 3.87. The van der Waals surface area contributed by atoms with Gasteiger partial charge in [-0.15, -0.1) is 0 Å². The Labute approximate surface area is 96.7 Å². The van der Waals surface area contributed by atoms with Gasteiger partial charge in [0.1, 0.15) is 5.75 Å². The summed E-state index contributed by atoms with van der Waals surface area (Å²) in [5.74, 6) is -1.67. The molecule has 1 N–H and O–H groups in total. The zero-order chi connectivity index (χ0) is 12.5. The number of hydrogen-bond donors (Lipinski definition) is 1. The van der Waals surface area contributed by atoms with Crippen LogP contribution in [0, 0.1) is 0 Å². The average molecular weight is 256 g/mol. The summed E-state index contributed by atoms with van der Waals surface area (Å²) in [6, 6.07) is 7.90. The fraction of sp³-hybridized carbons (Fsp3) is 0.200. The molecular formula is C10H9O6P. The smallest absolute Gasteiger partial charge is 0.391 e. The molecule has 2 unspecified atom stereocenters. The molecule has 1 aliphatic rings. The molecule has 1 aromatic carbocycles. The molecule has 1 saturated heterocycles. The highest BCUT2D eigenvalue weighted by Crippen LogP contribution is 2.51. The molecule has 2 rings (SSSR count). The van der Waals surface area contributed by atoms with Gasteiger partial charge in [-0.3, -0.25) is 9.59 Å². The molecule has 0 amide bonds. The molecule has 0 saturated carbocycles. The fourth-order valence-electron chi connectivity index (χ4n) is 1.41. The van der Waals surface area contributed by atoms with Crippen LogP contribution in [0.5, 0.6) is 5.75 Å². The van der Waals surface area contributed by atoms with Gasteiger partial charge < -0.3 is 14.2 Å². The number of rotatable bonds is 3. The van der Waals surface area contributed by atoms with Crippen LogP contribution in [0.2, 0.25) is 0 Å². The van der Waals surface area contributed by atoms with Crippen molar-refractivity contribution in [3.8, 4) is 5.75 Å². The normalized spacial score (nSPS) is 23.0. The highest BCUT2D eigenvalue weighted by molar-refractivity contribution is 7.55. The molecule has 1 aromatic rings. The first-order chi connectivity index (χ1) is 7.99. The number of cyclic esters (lactones) is 2. The average Bonchev–Trinajstić information content (AvgIpc) is 2.59. The van der Waals surface area contributed by atoms with Crippen LogP contribution in [0.1, 0.15) is 6.42 Å². The minimum Gasteiger partial charge on any atom is -0.424 e. The van der Waals surface area contributed by atoms with E-state index < -0.39 is 31.6 Å². The summed E-state index contributed by atoms with van der Waals surface area (Å²) >= 11 is 0. The van der Waals surface area contributed by atoms with Crippen molar-refractivity contribution in [1.82, 2.24) is 0 Å². The molecule has 0 spiro atoms. The molecule has 0 aromatic heterocycles. The maximum Gasteiger partial charge on any atom is 0.391 e. The molecule has 1 aliphatic heterocycles. The van der Waals surface area contributed by atoms with E-state index in [2.05, 4.69) is 4.74 Å². The highest BCUT2D eigenvalue weighted by atomic mass is 31.2. The molecule has 0 bridgehead atoms. The zero-order valence-electron chi connectivity index (χ0n) is 8.61. The third-order valence-electron chi connectivity index (χ3n) is 2.22. The van der Waals surface area contributed by atoms with Gasteiger partial charge in [-0.25, -0.2) is 4.57 Å². The Morgan fingerprint density at radius 1 is 1.29 bits per heavy atom. The topological polar surface area (TPSA) is 89.9 Å². The van der Waals surface area contributed by atoms with Gasteiger partial charge in [0.2, 0.25) is 0 Å². The molecule has 90 valence electrons. The molecule has 0 radical (unpaired) electrons. The minimum atomic E-state index is -4.25. The van der Waals surface area contributed by atoms with Crippen molar-refractivity contribution in [3.05, 3.63) is 30.3 Å². The predicted octanol–water partition coefficient (Wildman–Crippen LogP) is 1.09. The van der Waals surface area contributed by atoms with Crippen molar-refractivity contribution < 1.29 is 28.3 Å². The van der Waals surface area contributed by atoms with Gasteiger partial charge in [0.05, 0.1) is 6.42 Å². The number of esters is 2. The Bertz CT molecular complexity index is 497. The van der Waals surface area contributed by atoms with E-state index >= 15 is 0 Å². The zero-order valence-corrected chi connectivity index (χ0v) is 9.50. The van der Waals surface area contributed by atoms with Gasteiger partial charge in [0, 0.05) is 0 Å². The van der Waals surface area contributed by atoms with Crippen LogP contribution >= 0.6 is 7.60 Å². The quantitative estimate of drug-likeness (QED) is 0.494. The number of carbonyl (C=O) groups is 2. The number of ether oxygens (including phenoxy) is 1. The largest absolute Gasteiger partial charge is 0.424 e. The van der Waals surface area contributed by atoms with Crippen molar-refractivity contribution in [3.63, 3.8) is 0 Å². The van der Waals surface area contributed by atoms with Crippen LogP contribution in [-0.4, -0.2) is 22.5 Å². The number of benzene rings is 1. The first-order valence-corrected chi connectivity index (χ1v) is 6.45. The van der Waals surface area contributed by atoms with E-state index in [9.17, 15) is 19.0 Å². The minimum absolute atomic E-state index is 0.158. The first-order valence-electron chi connectivity index (χ1n) is 4.81. The van der Waals surface area contributed by atoms with Crippen molar-refractivity contribution in [1.29, 1.82) is 0 Å². The van der Waals surface area contributed by atoms with E-state index in [4.69, 9.17) is 4.52 Å². The second kappa shape index (κ2) is 4.31. The van der Waals surface area contributed by atoms with Gasteiger partial charge in [-0.05, 0) is 12.1 Å². The van der Waals surface area contributed by atoms with Gasteiger partial charge in [0.25, 0.3) is 0 Å². The Hall–Kier alpha value is -1.65. The lowest BCUT2D eigenvalue weighted by Gasteiger charge is -2.15. The van der Waals surface area contributed by atoms with E-state index in [1.807, 2.05) is 0 Å². The highest BCUT2D eigenvalue weighted by Gasteiger charge is 2.48. The lowest BCUT2D eigenvalue weighted by molar-refractivity contribution is -0.151. The fourth-order valence-corrected chi connectivity index (χ4v) is 2.66. The lowest BCUT2D eigenvalue weighted by Crippen LogP contribution is -2.17. The molecule has 1 heterocycles. The summed E-state index contributed by atoms with van der Waals surface area (Å²) in [6.45, 7) is 0. The van der Waals surface area contributed by atoms with Gasteiger partial charge >= 0.3 is 19.5 Å². The first kappa shape index (κ1) is 11.8. The molecule has 1 fully saturated rings. The van der Waals surface area contributed by atoms with Crippen LogP contribution in [0.4, 0.5) is 0 Å². The van der Waals surface area contributed by atoms with E-state index in [1.54, 1.807) is 18.2 Å². The Morgan fingerprint density at radius 3 is 2.47 bits per heavy atom. The second-order valence-electron chi connectivity index (χ2n) is 3.48. The lowest BCUT2D eigenvalue weighted by atomic mass is 10.3. The standard InChI is InChI=1S/C10H9O6P/c11-9-6-8(10(12)15-9)17(13,14)16-7-4-2-1-3-5-7/h1-5,8H,6H2,(H,13,14). The molecule has 2 atom stereocenters. The van der Waals surface area contributed by atoms with Crippen molar-refractivity contribution in [2.24, 2.45) is 0 Å². The monoisotopic (exact) mass is 256 g/mol. The van der Waals surface area contributed by atoms with Crippen LogP contribution in [0.3, 0.4) is 0 Å². The molecule has 17 heavy (non-hydrogen) atoms. The number of carbonyl (C=O) groups excluding carboxylic acids is 2. The summed E-state index contributed by atoms with van der Waals surface area (Å²) in [5, 5.41) is 0. The molecule has 6 nitrogen and oxygen atoms in total. The van der Waals surface area contributed by atoms with Crippen LogP contribution in [0.25, 0.3) is 0 Å². The molecular weight excluding hydrogens is 247 g/mol. The van der Waals surface area contributed by atoms with E-state index in [-0.39, 0.29) is 5.75 Å². The predicted molar refractivity (Wildman–Crippen MR) is 56.4 cm³/mol. The SMILES string of the molecule is O=C1CC(P(=O)(O)Oc2ccccc2)C(=O)O1. The summed E-state index contributed by atoms with van der Waals surface area (Å²) in [4.78, 5) is 31.6. The van der Waals surface area contributed by atoms with Gasteiger partial charge in [-0.1, -0.05) is 18.2 Å². The van der Waals surface area contributed by atoms with Gasteiger partial charge in [-0.2, -0.15) is 0 Å². The Balaban J connectivity index is 2.17. The third kappa shape index (κ3) is 2.54. The van der Waals surface area contributed by atoms with Gasteiger partial charge in [0.15, 0.2) is 5.66 Å². The Kier molecular flexibility index (Phi) is 3.00. The Morgan fingerprint density at radius 2 is 1.94 bits per heavy atom. The van der Waals surface area contributed by atoms with E-state index in [0.717, 1.165) is 0 Å². The maximum atomic E-state index is 11.8. The van der Waals surface area contributed by atoms with Crippen molar-refractivity contribution in [2.75, 3.05) is 0 Å². The summed E-state index contributed by atoms with van der Waals surface area (Å²) in [6.07, 6.45) is -0.431. The number of hydrogen-bond acceptors (Lipinski definition) is 5. The van der Waals surface area contributed by atoms with Crippen molar-refractivity contribution >= 4 is 19.5 Å². The van der Waals surface area contributed by atoms with Crippen LogP contribution in [-0.2, 0) is 18.9 Å². The molecule has 7 heteroatoms. The van der Waals surface area contributed by atoms with E-state index in [1.165, 1.54) is 12.1 Å². The van der Waals surface area contributed by atoms with E-state index in [0.29, 0.717) is 0 Å². The summed E-state index contributed by atoms with van der Waals surface area (Å²) < 4.78 is 20.9. The maximum absolute atomic E-state index is 11.8. The molecule has 0 aliphatic carbocycles. The second-order valence-corrected chi connectivity index (χ2v) is 5.42. The van der Waals surface area contributed by atoms with Crippen molar-refractivity contribution in [2.45, 2.75) is 12.1 Å². The number of para-hydroxylation sites is 1. The summed E-state index contributed by atoms with van der Waals surface area (Å²) in [7, 11) is -4.25.